The average Bonchev–Trinajstić information content (AvgIpc) is 2.95. The van der Waals surface area contributed by atoms with Gasteiger partial charge in [-0.1, -0.05) is 23.7 Å². The first kappa shape index (κ1) is 30.7. The lowest BCUT2D eigenvalue weighted by Crippen LogP contribution is -2.41. The van der Waals surface area contributed by atoms with E-state index in [0.717, 1.165) is 43.6 Å². The Kier molecular flexibility index (Phi) is 12.8. The van der Waals surface area contributed by atoms with Crippen LogP contribution in [0.2, 0.25) is 5.02 Å². The van der Waals surface area contributed by atoms with Crippen molar-refractivity contribution in [3.05, 3.63) is 64.2 Å². The Hall–Kier alpha value is -2.85. The van der Waals surface area contributed by atoms with Crippen molar-refractivity contribution in [3.63, 3.8) is 0 Å². The summed E-state index contributed by atoms with van der Waals surface area (Å²) in [5.41, 5.74) is 2.01. The monoisotopic (exact) mass is 561 g/mol. The van der Waals surface area contributed by atoms with Crippen LogP contribution in [0.4, 0.5) is 4.79 Å². The van der Waals surface area contributed by atoms with E-state index in [9.17, 15) is 9.59 Å². The number of likely N-dealkylation sites (N-methyl/N-ethyl adjacent to an activating group) is 1. The molecule has 0 saturated carbocycles. The molecule has 3 rings (SSSR count). The molecule has 3 N–H and O–H groups in total. The summed E-state index contributed by atoms with van der Waals surface area (Å²) in [5.74, 6) is 0.855. The maximum Gasteiger partial charge on any atom is 0.406 e. The SMILES string of the molecule is CCOc1cc(C(=O)NCC(CC2CCCOC2)NC)cc(C(OCCNC(=O)OC)c2cccc(Cl)c2)c1. The van der Waals surface area contributed by atoms with Crippen LogP contribution >= 0.6 is 11.6 Å². The van der Waals surface area contributed by atoms with Gasteiger partial charge in [0.05, 0.1) is 20.3 Å². The molecule has 1 aliphatic rings. The summed E-state index contributed by atoms with van der Waals surface area (Å²) in [7, 11) is 3.22. The fraction of sp³-hybridized carbons (Fsp3) is 0.517. The van der Waals surface area contributed by atoms with Gasteiger partial charge in [-0.05, 0) is 80.6 Å². The lowest BCUT2D eigenvalue weighted by molar-refractivity contribution is 0.0478. The Bertz CT molecular complexity index is 1060. The number of amides is 2. The fourth-order valence-corrected chi connectivity index (χ4v) is 4.83. The zero-order chi connectivity index (χ0) is 28.0. The first-order chi connectivity index (χ1) is 18.9. The summed E-state index contributed by atoms with van der Waals surface area (Å²) in [6.07, 6.45) is 2.07. The van der Waals surface area contributed by atoms with Crippen molar-refractivity contribution in [2.24, 2.45) is 5.92 Å². The summed E-state index contributed by atoms with van der Waals surface area (Å²) in [4.78, 5) is 24.7. The highest BCUT2D eigenvalue weighted by molar-refractivity contribution is 6.30. The molecule has 1 aliphatic heterocycles. The molecule has 0 aliphatic carbocycles. The number of halogens is 1. The van der Waals surface area contributed by atoms with Crippen molar-refractivity contribution < 1.29 is 28.5 Å². The molecule has 2 aromatic carbocycles. The largest absolute Gasteiger partial charge is 0.494 e. The minimum absolute atomic E-state index is 0.139. The molecule has 1 heterocycles. The van der Waals surface area contributed by atoms with E-state index in [4.69, 9.17) is 25.8 Å². The Morgan fingerprint density at radius 1 is 1.15 bits per heavy atom. The van der Waals surface area contributed by atoms with Gasteiger partial charge in [0.15, 0.2) is 0 Å². The Labute approximate surface area is 235 Å². The van der Waals surface area contributed by atoms with Gasteiger partial charge in [-0.2, -0.15) is 0 Å². The van der Waals surface area contributed by atoms with Crippen molar-refractivity contribution in [1.82, 2.24) is 16.0 Å². The predicted octanol–water partition coefficient (Wildman–Crippen LogP) is 4.34. The Morgan fingerprint density at radius 3 is 2.69 bits per heavy atom. The second kappa shape index (κ2) is 16.3. The van der Waals surface area contributed by atoms with Gasteiger partial charge >= 0.3 is 6.09 Å². The highest BCUT2D eigenvalue weighted by Gasteiger charge is 2.22. The highest BCUT2D eigenvalue weighted by atomic mass is 35.5. The number of carbonyl (C=O) groups is 2. The van der Waals surface area contributed by atoms with Gasteiger partial charge in [0.1, 0.15) is 11.9 Å². The van der Waals surface area contributed by atoms with E-state index in [1.807, 2.05) is 38.2 Å². The smallest absolute Gasteiger partial charge is 0.406 e. The highest BCUT2D eigenvalue weighted by Crippen LogP contribution is 2.31. The molecule has 3 unspecified atom stereocenters. The molecule has 0 bridgehead atoms. The quantitative estimate of drug-likeness (QED) is 0.295. The van der Waals surface area contributed by atoms with Gasteiger partial charge in [-0.25, -0.2) is 4.79 Å². The van der Waals surface area contributed by atoms with Crippen LogP contribution in [-0.2, 0) is 14.2 Å². The zero-order valence-electron chi connectivity index (χ0n) is 23.0. The molecule has 2 amide bonds. The summed E-state index contributed by atoms with van der Waals surface area (Å²) in [6.45, 7) is 4.89. The zero-order valence-corrected chi connectivity index (χ0v) is 23.7. The number of hydrogen-bond donors (Lipinski definition) is 3. The summed E-state index contributed by atoms with van der Waals surface area (Å²) in [5, 5.41) is 9.57. The molecule has 10 heteroatoms. The Morgan fingerprint density at radius 2 is 2.00 bits per heavy atom. The first-order valence-electron chi connectivity index (χ1n) is 13.4. The fourth-order valence-electron chi connectivity index (χ4n) is 4.63. The number of benzene rings is 2. The second-order valence-corrected chi connectivity index (χ2v) is 9.90. The van der Waals surface area contributed by atoms with Crippen molar-refractivity contribution in [2.75, 3.05) is 53.7 Å². The van der Waals surface area contributed by atoms with Gasteiger partial charge in [0, 0.05) is 42.9 Å². The number of hydrogen-bond acceptors (Lipinski definition) is 7. The van der Waals surface area contributed by atoms with Crippen molar-refractivity contribution in [2.45, 2.75) is 38.3 Å². The maximum absolute atomic E-state index is 13.3. The molecule has 1 fully saturated rings. The van der Waals surface area contributed by atoms with Gasteiger partial charge in [0.25, 0.3) is 5.91 Å². The minimum atomic E-state index is -0.550. The minimum Gasteiger partial charge on any atom is -0.494 e. The van der Waals surface area contributed by atoms with Gasteiger partial charge in [0.2, 0.25) is 0 Å². The summed E-state index contributed by atoms with van der Waals surface area (Å²) in [6, 6.07) is 12.9. The molecule has 2 aromatic rings. The van der Waals surface area contributed by atoms with Crippen LogP contribution in [0.25, 0.3) is 0 Å². The van der Waals surface area contributed by atoms with Crippen molar-refractivity contribution >= 4 is 23.6 Å². The predicted molar refractivity (Wildman–Crippen MR) is 151 cm³/mol. The van der Waals surface area contributed by atoms with E-state index in [2.05, 4.69) is 20.7 Å². The van der Waals surface area contributed by atoms with E-state index in [0.29, 0.717) is 35.4 Å². The molecule has 3 atom stereocenters. The van der Waals surface area contributed by atoms with Crippen LogP contribution < -0.4 is 20.7 Å². The van der Waals surface area contributed by atoms with Gasteiger partial charge in [-0.15, -0.1) is 0 Å². The molecule has 1 saturated heterocycles. The van der Waals surface area contributed by atoms with E-state index >= 15 is 0 Å². The molecule has 0 aromatic heterocycles. The van der Waals surface area contributed by atoms with Crippen LogP contribution in [0, 0.1) is 5.92 Å². The van der Waals surface area contributed by atoms with E-state index in [-0.39, 0.29) is 25.1 Å². The molecule has 0 spiro atoms. The van der Waals surface area contributed by atoms with E-state index in [1.54, 1.807) is 18.2 Å². The molecule has 9 nitrogen and oxygen atoms in total. The average molecular weight is 562 g/mol. The molecule has 0 radical (unpaired) electrons. The number of nitrogens with one attached hydrogen (secondary N) is 3. The summed E-state index contributed by atoms with van der Waals surface area (Å²) >= 11 is 6.28. The van der Waals surface area contributed by atoms with E-state index < -0.39 is 12.2 Å². The third kappa shape index (κ3) is 10.0. The van der Waals surface area contributed by atoms with Crippen LogP contribution in [-0.4, -0.2) is 71.7 Å². The lowest BCUT2D eigenvalue weighted by Gasteiger charge is -2.26. The van der Waals surface area contributed by atoms with Crippen LogP contribution in [0.5, 0.6) is 5.75 Å². The molecule has 39 heavy (non-hydrogen) atoms. The summed E-state index contributed by atoms with van der Waals surface area (Å²) < 4.78 is 22.2. The number of methoxy groups -OCH3 is 1. The van der Waals surface area contributed by atoms with Gasteiger partial charge in [-0.3, -0.25) is 4.79 Å². The number of alkyl carbamates (subject to hydrolysis) is 1. The molecular formula is C29H40ClN3O6. The third-order valence-electron chi connectivity index (χ3n) is 6.59. The van der Waals surface area contributed by atoms with Crippen LogP contribution in [0.15, 0.2) is 42.5 Å². The van der Waals surface area contributed by atoms with Crippen LogP contribution in [0.3, 0.4) is 0 Å². The van der Waals surface area contributed by atoms with E-state index in [1.165, 1.54) is 7.11 Å². The normalized spacial score (nSPS) is 16.7. The first-order valence-corrected chi connectivity index (χ1v) is 13.8. The third-order valence-corrected chi connectivity index (χ3v) is 6.82. The lowest BCUT2D eigenvalue weighted by atomic mass is 9.94. The Balaban J connectivity index is 1.78. The standard InChI is InChI=1S/C29H40ClN3O6/c1-4-38-26-16-22(27(21-8-5-9-24(30)15-21)39-12-10-32-29(35)36-3)14-23(17-26)28(34)33-18-25(31-2)13-20-7-6-11-37-19-20/h5,8-9,14-17,20,25,27,31H,4,6-7,10-13,18-19H2,1-3H3,(H,32,35)(H,33,34). The van der Waals surface area contributed by atoms with Crippen LogP contribution in [0.1, 0.15) is 53.8 Å². The van der Waals surface area contributed by atoms with Crippen molar-refractivity contribution in [1.29, 1.82) is 0 Å². The second-order valence-electron chi connectivity index (χ2n) is 9.46. The molecular weight excluding hydrogens is 522 g/mol. The number of ether oxygens (including phenoxy) is 4. The number of rotatable bonds is 14. The van der Waals surface area contributed by atoms with Gasteiger partial charge < -0.3 is 34.9 Å². The number of carbonyl (C=O) groups excluding carboxylic acids is 2. The maximum atomic E-state index is 13.3. The van der Waals surface area contributed by atoms with Crippen molar-refractivity contribution in [3.8, 4) is 5.75 Å². The molecule has 214 valence electrons. The topological polar surface area (TPSA) is 107 Å².